The lowest BCUT2D eigenvalue weighted by Crippen LogP contribution is -2.19. The summed E-state index contributed by atoms with van der Waals surface area (Å²) in [5, 5.41) is 8.74. The van der Waals surface area contributed by atoms with Gasteiger partial charge in [0.2, 0.25) is 0 Å². The van der Waals surface area contributed by atoms with Crippen molar-refractivity contribution in [3.05, 3.63) is 28.3 Å². The minimum absolute atomic E-state index is 0.329. The number of rotatable bonds is 2. The Morgan fingerprint density at radius 1 is 1.44 bits per heavy atom. The molecular weight excluding hydrogens is 247 g/mol. The Bertz CT molecular complexity index is 431. The number of benzene rings is 1. The monoisotopic (exact) mass is 253 g/mol. The van der Waals surface area contributed by atoms with Crippen molar-refractivity contribution in [2.24, 2.45) is 5.73 Å². The molecule has 1 aromatic rings. The van der Waals surface area contributed by atoms with E-state index < -0.39 is 35.4 Å². The number of hydrogen-bond donors (Lipinski definition) is 2. The Morgan fingerprint density at radius 2 is 2.00 bits per heavy atom. The second-order valence-electron chi connectivity index (χ2n) is 2.97. The fraction of sp³-hybridized carbons (Fsp3) is 0.222. The van der Waals surface area contributed by atoms with Crippen LogP contribution < -0.4 is 5.73 Å². The van der Waals surface area contributed by atoms with Crippen LogP contribution in [-0.2, 0) is 6.18 Å². The van der Waals surface area contributed by atoms with Gasteiger partial charge in [0.15, 0.2) is 5.78 Å². The second kappa shape index (κ2) is 4.31. The van der Waals surface area contributed by atoms with E-state index >= 15 is 0 Å². The first-order chi connectivity index (χ1) is 7.27. The third kappa shape index (κ3) is 2.45. The molecule has 0 heterocycles. The van der Waals surface area contributed by atoms with Crippen molar-refractivity contribution in [3.63, 3.8) is 0 Å². The number of hydrogen-bond acceptors (Lipinski definition) is 3. The van der Waals surface area contributed by atoms with Gasteiger partial charge in [0, 0.05) is 5.56 Å². The van der Waals surface area contributed by atoms with Crippen LogP contribution in [0.2, 0.25) is 5.02 Å². The summed E-state index contributed by atoms with van der Waals surface area (Å²) in [5.74, 6) is -1.63. The molecule has 0 bridgehead atoms. The molecule has 0 aliphatic carbocycles. The number of phenols is 1. The Kier molecular flexibility index (Phi) is 3.44. The molecule has 0 aliphatic heterocycles. The van der Waals surface area contributed by atoms with Gasteiger partial charge in [-0.25, -0.2) is 0 Å². The molecule has 0 spiro atoms. The number of aromatic hydroxyl groups is 1. The summed E-state index contributed by atoms with van der Waals surface area (Å²) in [4.78, 5) is 11.2. The molecule has 16 heavy (non-hydrogen) atoms. The Hall–Kier alpha value is -1.27. The molecule has 0 aliphatic rings. The number of phenolic OH excluding ortho intramolecular Hbond substituents is 1. The molecule has 0 saturated carbocycles. The maximum absolute atomic E-state index is 12.5. The zero-order valence-corrected chi connectivity index (χ0v) is 8.56. The quantitative estimate of drug-likeness (QED) is 0.795. The number of carbonyl (C=O) groups excluding carboxylic acids is 1. The first kappa shape index (κ1) is 12.8. The number of ketones is 1. The van der Waals surface area contributed by atoms with Gasteiger partial charge in [-0.05, 0) is 12.1 Å². The highest BCUT2D eigenvalue weighted by Gasteiger charge is 2.35. The molecule has 1 aromatic carbocycles. The van der Waals surface area contributed by atoms with Crippen LogP contribution in [0.1, 0.15) is 15.9 Å². The topological polar surface area (TPSA) is 63.3 Å². The van der Waals surface area contributed by atoms with Crippen molar-refractivity contribution in [2.45, 2.75) is 6.18 Å². The van der Waals surface area contributed by atoms with E-state index in [2.05, 4.69) is 0 Å². The maximum Gasteiger partial charge on any atom is 0.417 e. The predicted octanol–water partition coefficient (Wildman–Crippen LogP) is 2.21. The summed E-state index contributed by atoms with van der Waals surface area (Å²) in [5.41, 5.74) is 3.10. The van der Waals surface area contributed by atoms with Crippen molar-refractivity contribution in [2.75, 3.05) is 6.54 Å². The number of carbonyl (C=O) groups is 1. The molecule has 0 atom stereocenters. The minimum Gasteiger partial charge on any atom is -0.506 e. The summed E-state index contributed by atoms with van der Waals surface area (Å²) in [6.07, 6.45) is -4.75. The standard InChI is InChI=1S/C9H7ClF3NO2/c10-6-1-4(8(16)3-14)5(2-7(6)15)9(11,12)13/h1-2,15H,3,14H2. The Labute approximate surface area is 93.6 Å². The van der Waals surface area contributed by atoms with E-state index in [4.69, 9.17) is 22.4 Å². The summed E-state index contributed by atoms with van der Waals surface area (Å²) < 4.78 is 37.5. The Balaban J connectivity index is 3.45. The third-order valence-electron chi connectivity index (χ3n) is 1.88. The van der Waals surface area contributed by atoms with Crippen LogP contribution in [0.5, 0.6) is 5.75 Å². The molecule has 3 nitrogen and oxygen atoms in total. The van der Waals surface area contributed by atoms with E-state index in [1.165, 1.54) is 0 Å². The number of nitrogens with two attached hydrogens (primary N) is 1. The van der Waals surface area contributed by atoms with Crippen molar-refractivity contribution < 1.29 is 23.1 Å². The van der Waals surface area contributed by atoms with Gasteiger partial charge in [0.1, 0.15) is 5.75 Å². The molecule has 0 unspecified atom stereocenters. The molecule has 0 radical (unpaired) electrons. The van der Waals surface area contributed by atoms with Crippen LogP contribution in [0.15, 0.2) is 12.1 Å². The summed E-state index contributed by atoms with van der Waals surface area (Å²) in [6, 6.07) is 1.17. The smallest absolute Gasteiger partial charge is 0.417 e. The van der Waals surface area contributed by atoms with E-state index in [1.54, 1.807) is 0 Å². The SMILES string of the molecule is NCC(=O)c1cc(Cl)c(O)cc1C(F)(F)F. The normalized spacial score (nSPS) is 11.6. The first-order valence-electron chi connectivity index (χ1n) is 4.10. The molecule has 0 fully saturated rings. The van der Waals surface area contributed by atoms with Gasteiger partial charge < -0.3 is 10.8 Å². The van der Waals surface area contributed by atoms with Crippen LogP contribution in [0.25, 0.3) is 0 Å². The summed E-state index contributed by atoms with van der Waals surface area (Å²) >= 11 is 5.43. The van der Waals surface area contributed by atoms with Crippen LogP contribution >= 0.6 is 11.6 Å². The van der Waals surface area contributed by atoms with Crippen LogP contribution in [-0.4, -0.2) is 17.4 Å². The van der Waals surface area contributed by atoms with Gasteiger partial charge >= 0.3 is 6.18 Å². The average Bonchev–Trinajstić information content (AvgIpc) is 2.18. The molecule has 1 rings (SSSR count). The van der Waals surface area contributed by atoms with Gasteiger partial charge in [0.25, 0.3) is 0 Å². The molecular formula is C9H7ClF3NO2. The van der Waals surface area contributed by atoms with E-state index in [-0.39, 0.29) is 5.02 Å². The first-order valence-corrected chi connectivity index (χ1v) is 4.48. The summed E-state index contributed by atoms with van der Waals surface area (Å²) in [6.45, 7) is -0.565. The number of alkyl halides is 3. The zero-order valence-electron chi connectivity index (χ0n) is 7.81. The van der Waals surface area contributed by atoms with E-state index in [0.29, 0.717) is 6.07 Å². The zero-order chi connectivity index (χ0) is 12.5. The van der Waals surface area contributed by atoms with Crippen molar-refractivity contribution in [1.29, 1.82) is 0 Å². The molecule has 0 amide bonds. The second-order valence-corrected chi connectivity index (χ2v) is 3.38. The third-order valence-corrected chi connectivity index (χ3v) is 2.18. The van der Waals surface area contributed by atoms with E-state index in [1.807, 2.05) is 0 Å². The predicted molar refractivity (Wildman–Crippen MR) is 51.5 cm³/mol. The fourth-order valence-electron chi connectivity index (χ4n) is 1.14. The van der Waals surface area contributed by atoms with Gasteiger partial charge in [-0.15, -0.1) is 0 Å². The van der Waals surface area contributed by atoms with Gasteiger partial charge in [-0.3, -0.25) is 4.79 Å². The van der Waals surface area contributed by atoms with Crippen molar-refractivity contribution >= 4 is 17.4 Å². The van der Waals surface area contributed by atoms with Crippen molar-refractivity contribution in [3.8, 4) is 5.75 Å². The Morgan fingerprint density at radius 3 is 2.44 bits per heavy atom. The lowest BCUT2D eigenvalue weighted by atomic mass is 10.0. The van der Waals surface area contributed by atoms with Crippen LogP contribution in [0.4, 0.5) is 13.2 Å². The molecule has 0 saturated heterocycles. The van der Waals surface area contributed by atoms with E-state index in [9.17, 15) is 18.0 Å². The molecule has 88 valence electrons. The van der Waals surface area contributed by atoms with Crippen LogP contribution in [0.3, 0.4) is 0 Å². The van der Waals surface area contributed by atoms with Crippen LogP contribution in [0, 0.1) is 0 Å². The lowest BCUT2D eigenvalue weighted by molar-refractivity contribution is -0.138. The largest absolute Gasteiger partial charge is 0.506 e. The summed E-state index contributed by atoms with van der Waals surface area (Å²) in [7, 11) is 0. The van der Waals surface area contributed by atoms with Crippen molar-refractivity contribution in [1.82, 2.24) is 0 Å². The molecule has 0 aromatic heterocycles. The minimum atomic E-state index is -4.75. The average molecular weight is 254 g/mol. The number of Topliss-reactive ketones (excluding diaryl/α,β-unsaturated/α-hetero) is 1. The molecule has 3 N–H and O–H groups in total. The lowest BCUT2D eigenvalue weighted by Gasteiger charge is -2.12. The highest BCUT2D eigenvalue weighted by atomic mass is 35.5. The maximum atomic E-state index is 12.5. The fourth-order valence-corrected chi connectivity index (χ4v) is 1.30. The highest BCUT2D eigenvalue weighted by molar-refractivity contribution is 6.32. The molecule has 7 heteroatoms. The van der Waals surface area contributed by atoms with Gasteiger partial charge in [-0.1, -0.05) is 11.6 Å². The van der Waals surface area contributed by atoms with Gasteiger partial charge in [0.05, 0.1) is 17.1 Å². The van der Waals surface area contributed by atoms with Gasteiger partial charge in [-0.2, -0.15) is 13.2 Å². The van der Waals surface area contributed by atoms with E-state index in [0.717, 1.165) is 6.07 Å². The number of halogens is 4. The highest BCUT2D eigenvalue weighted by Crippen LogP contribution is 2.37.